The molecule has 0 spiro atoms. The Bertz CT molecular complexity index is 450. The number of halogens is 2. The van der Waals surface area contributed by atoms with Gasteiger partial charge in [-0.3, -0.25) is 4.79 Å². The minimum Gasteiger partial charge on any atom is -0.505 e. The van der Waals surface area contributed by atoms with Crippen molar-refractivity contribution in [3.05, 3.63) is 22.2 Å². The van der Waals surface area contributed by atoms with Crippen LogP contribution in [0.5, 0.6) is 5.75 Å². The second kappa shape index (κ2) is 4.37. The third-order valence-corrected chi connectivity index (χ3v) is 3.55. The van der Waals surface area contributed by atoms with Gasteiger partial charge in [-0.05, 0) is 31.4 Å². The summed E-state index contributed by atoms with van der Waals surface area (Å²) in [6.45, 7) is 0. The number of phenols is 1. The van der Waals surface area contributed by atoms with E-state index < -0.39 is 5.54 Å². The van der Waals surface area contributed by atoms with Gasteiger partial charge < -0.3 is 16.2 Å². The van der Waals surface area contributed by atoms with Gasteiger partial charge in [0.25, 0.3) is 0 Å². The number of nitrogens with two attached hydrogens (primary N) is 1. The van der Waals surface area contributed by atoms with Crippen molar-refractivity contribution < 1.29 is 9.90 Å². The first-order valence-electron chi connectivity index (χ1n) is 5.21. The van der Waals surface area contributed by atoms with E-state index in [1.165, 1.54) is 12.1 Å². The monoisotopic (exact) mass is 274 g/mol. The van der Waals surface area contributed by atoms with Crippen LogP contribution in [0.2, 0.25) is 10.0 Å². The molecule has 1 aliphatic carbocycles. The first-order valence-corrected chi connectivity index (χ1v) is 5.96. The molecule has 0 aromatic heterocycles. The highest BCUT2D eigenvalue weighted by Crippen LogP contribution is 2.36. The molecule has 2 rings (SSSR count). The maximum atomic E-state index is 11.8. The lowest BCUT2D eigenvalue weighted by Crippen LogP contribution is -2.56. The predicted octanol–water partition coefficient (Wildman–Crippen LogP) is 2.52. The molecule has 0 heterocycles. The van der Waals surface area contributed by atoms with Crippen LogP contribution in [0.25, 0.3) is 0 Å². The number of rotatable bonds is 2. The highest BCUT2D eigenvalue weighted by atomic mass is 35.5. The van der Waals surface area contributed by atoms with Gasteiger partial charge in [-0.25, -0.2) is 0 Å². The Morgan fingerprint density at radius 2 is 1.88 bits per heavy atom. The Morgan fingerprint density at radius 3 is 2.29 bits per heavy atom. The van der Waals surface area contributed by atoms with Gasteiger partial charge in [0.1, 0.15) is 0 Å². The molecule has 1 amide bonds. The van der Waals surface area contributed by atoms with E-state index in [1.54, 1.807) is 0 Å². The normalized spacial score (nSPS) is 17.4. The van der Waals surface area contributed by atoms with Crippen LogP contribution in [0.15, 0.2) is 12.1 Å². The van der Waals surface area contributed by atoms with Gasteiger partial charge in [0.05, 0.1) is 15.6 Å². The topological polar surface area (TPSA) is 75.4 Å². The quantitative estimate of drug-likeness (QED) is 0.726. The zero-order chi connectivity index (χ0) is 12.6. The SMILES string of the molecule is NC1(C(=O)Nc2cc(Cl)c(O)c(Cl)c2)CCC1. The number of carbonyl (C=O) groups excluding carboxylic acids is 1. The largest absolute Gasteiger partial charge is 0.505 e. The molecule has 4 N–H and O–H groups in total. The predicted molar refractivity (Wildman–Crippen MR) is 67.5 cm³/mol. The Morgan fingerprint density at radius 1 is 1.35 bits per heavy atom. The summed E-state index contributed by atoms with van der Waals surface area (Å²) in [6, 6.07) is 2.87. The molecule has 1 aromatic carbocycles. The summed E-state index contributed by atoms with van der Waals surface area (Å²) >= 11 is 11.5. The number of benzene rings is 1. The molecule has 1 fully saturated rings. The van der Waals surface area contributed by atoms with E-state index >= 15 is 0 Å². The summed E-state index contributed by atoms with van der Waals surface area (Å²) in [4.78, 5) is 11.8. The Labute approximate surface area is 109 Å². The van der Waals surface area contributed by atoms with Crippen LogP contribution in [0.4, 0.5) is 5.69 Å². The maximum absolute atomic E-state index is 11.8. The van der Waals surface area contributed by atoms with Crippen molar-refractivity contribution in [3.8, 4) is 5.75 Å². The number of nitrogens with one attached hydrogen (secondary N) is 1. The number of hydrogen-bond donors (Lipinski definition) is 3. The molecule has 1 aromatic rings. The molecule has 0 atom stereocenters. The number of aromatic hydroxyl groups is 1. The lowest BCUT2D eigenvalue weighted by atomic mass is 9.77. The van der Waals surface area contributed by atoms with E-state index in [2.05, 4.69) is 5.32 Å². The van der Waals surface area contributed by atoms with E-state index in [-0.39, 0.29) is 21.7 Å². The van der Waals surface area contributed by atoms with Crippen molar-refractivity contribution in [2.24, 2.45) is 5.73 Å². The Balaban J connectivity index is 2.16. The van der Waals surface area contributed by atoms with Gasteiger partial charge in [0.2, 0.25) is 5.91 Å². The fourth-order valence-corrected chi connectivity index (χ4v) is 2.17. The molecule has 4 nitrogen and oxygen atoms in total. The van der Waals surface area contributed by atoms with Gasteiger partial charge in [-0.1, -0.05) is 23.2 Å². The average molecular weight is 275 g/mol. The zero-order valence-corrected chi connectivity index (χ0v) is 10.5. The number of carbonyl (C=O) groups is 1. The van der Waals surface area contributed by atoms with Crippen LogP contribution in [-0.2, 0) is 4.79 Å². The van der Waals surface area contributed by atoms with Gasteiger partial charge >= 0.3 is 0 Å². The minimum atomic E-state index is -0.781. The van der Waals surface area contributed by atoms with Gasteiger partial charge in [-0.2, -0.15) is 0 Å². The first-order chi connectivity index (χ1) is 7.92. The Hall–Kier alpha value is -0.970. The summed E-state index contributed by atoms with van der Waals surface area (Å²) in [6.07, 6.45) is 2.32. The molecule has 0 unspecified atom stereocenters. The molecule has 1 saturated carbocycles. The maximum Gasteiger partial charge on any atom is 0.244 e. The zero-order valence-electron chi connectivity index (χ0n) is 8.96. The van der Waals surface area contributed by atoms with Crippen LogP contribution >= 0.6 is 23.2 Å². The van der Waals surface area contributed by atoms with Gasteiger partial charge in [0, 0.05) is 5.69 Å². The third-order valence-electron chi connectivity index (χ3n) is 2.97. The summed E-state index contributed by atoms with van der Waals surface area (Å²) < 4.78 is 0. The van der Waals surface area contributed by atoms with E-state index in [4.69, 9.17) is 28.9 Å². The highest BCUT2D eigenvalue weighted by Gasteiger charge is 2.40. The highest BCUT2D eigenvalue weighted by molar-refractivity contribution is 6.37. The standard InChI is InChI=1S/C11H12Cl2N2O2/c12-7-4-6(5-8(13)9(7)16)15-10(17)11(14)2-1-3-11/h4-5,16H,1-3,14H2,(H,15,17). The Kier molecular flexibility index (Phi) is 3.21. The van der Waals surface area contributed by atoms with Crippen LogP contribution in [0.3, 0.4) is 0 Å². The van der Waals surface area contributed by atoms with Crippen molar-refractivity contribution in [1.29, 1.82) is 0 Å². The summed E-state index contributed by atoms with van der Waals surface area (Å²) in [5.41, 5.74) is 5.52. The summed E-state index contributed by atoms with van der Waals surface area (Å²) in [7, 11) is 0. The number of phenolic OH excluding ortho intramolecular Hbond substituents is 1. The molecular formula is C11H12Cl2N2O2. The molecule has 0 saturated heterocycles. The lowest BCUT2D eigenvalue weighted by Gasteiger charge is -2.36. The van der Waals surface area contributed by atoms with Crippen LogP contribution in [-0.4, -0.2) is 16.6 Å². The van der Waals surface area contributed by atoms with Crippen LogP contribution in [0.1, 0.15) is 19.3 Å². The molecule has 6 heteroatoms. The van der Waals surface area contributed by atoms with Crippen molar-refractivity contribution in [3.63, 3.8) is 0 Å². The molecule has 92 valence electrons. The molecule has 0 radical (unpaired) electrons. The molecule has 0 bridgehead atoms. The number of anilines is 1. The lowest BCUT2D eigenvalue weighted by molar-refractivity contribution is -0.123. The fraction of sp³-hybridized carbons (Fsp3) is 0.364. The first kappa shape index (κ1) is 12.5. The molecular weight excluding hydrogens is 263 g/mol. The van der Waals surface area contributed by atoms with Gasteiger partial charge in [0.15, 0.2) is 5.75 Å². The fourth-order valence-electron chi connectivity index (χ4n) is 1.68. The van der Waals surface area contributed by atoms with Crippen molar-refractivity contribution in [1.82, 2.24) is 0 Å². The summed E-state index contributed by atoms with van der Waals surface area (Å²) in [5.74, 6) is -0.445. The average Bonchev–Trinajstić information content (AvgIpc) is 2.22. The molecule has 0 aliphatic heterocycles. The smallest absolute Gasteiger partial charge is 0.244 e. The molecule has 17 heavy (non-hydrogen) atoms. The van der Waals surface area contributed by atoms with Crippen molar-refractivity contribution in [2.75, 3.05) is 5.32 Å². The van der Waals surface area contributed by atoms with Crippen LogP contribution < -0.4 is 11.1 Å². The third kappa shape index (κ3) is 2.34. The van der Waals surface area contributed by atoms with E-state index in [9.17, 15) is 9.90 Å². The molecule has 1 aliphatic rings. The van der Waals surface area contributed by atoms with Crippen LogP contribution in [0, 0.1) is 0 Å². The number of hydrogen-bond acceptors (Lipinski definition) is 3. The minimum absolute atomic E-state index is 0.0903. The van der Waals surface area contributed by atoms with E-state index in [0.717, 1.165) is 6.42 Å². The second-order valence-electron chi connectivity index (χ2n) is 4.25. The summed E-state index contributed by atoms with van der Waals surface area (Å²) in [5, 5.41) is 12.2. The number of amides is 1. The van der Waals surface area contributed by atoms with Gasteiger partial charge in [-0.15, -0.1) is 0 Å². The second-order valence-corrected chi connectivity index (χ2v) is 5.07. The van der Waals surface area contributed by atoms with E-state index in [1.807, 2.05) is 0 Å². The van der Waals surface area contributed by atoms with Crippen molar-refractivity contribution >= 4 is 34.8 Å². The van der Waals surface area contributed by atoms with E-state index in [0.29, 0.717) is 18.5 Å². The van der Waals surface area contributed by atoms with Crippen molar-refractivity contribution in [2.45, 2.75) is 24.8 Å².